The van der Waals surface area contributed by atoms with Crippen molar-refractivity contribution in [3.63, 3.8) is 0 Å². The Labute approximate surface area is 403 Å². The summed E-state index contributed by atoms with van der Waals surface area (Å²) in [6.07, 6.45) is 9.84. The van der Waals surface area contributed by atoms with E-state index in [-0.39, 0.29) is 29.3 Å². The fraction of sp³-hybridized carbons (Fsp3) is 0.429. The van der Waals surface area contributed by atoms with E-state index in [1.807, 2.05) is 11.0 Å². The minimum atomic E-state index is -0.988. The van der Waals surface area contributed by atoms with Crippen molar-refractivity contribution in [2.75, 3.05) is 68.8 Å². The Balaban J connectivity index is 0.708. The van der Waals surface area contributed by atoms with E-state index < -0.39 is 41.4 Å². The summed E-state index contributed by atoms with van der Waals surface area (Å²) >= 11 is 7.50. The Morgan fingerprint density at radius 2 is 1.72 bits per heavy atom. The molecule has 68 heavy (non-hydrogen) atoms. The maximum Gasteiger partial charge on any atom is 0.263 e. The van der Waals surface area contributed by atoms with E-state index in [9.17, 15) is 33.2 Å². The number of piperazine rings is 1. The quantitative estimate of drug-likeness (QED) is 0.0386. The highest BCUT2D eigenvalue weighted by molar-refractivity contribution is 7.99. The van der Waals surface area contributed by atoms with Crippen LogP contribution in [0.4, 0.5) is 21.6 Å². The monoisotopic (exact) mass is 967 g/mol. The Morgan fingerprint density at radius 3 is 2.49 bits per heavy atom. The Morgan fingerprint density at radius 1 is 0.926 bits per heavy atom. The van der Waals surface area contributed by atoms with Crippen molar-refractivity contribution in [2.45, 2.75) is 81.2 Å². The molecule has 3 fully saturated rings. The van der Waals surface area contributed by atoms with Crippen LogP contribution < -0.4 is 20.7 Å². The number of unbranched alkanes of at least 4 members (excludes halogenated alkanes) is 3. The first kappa shape index (κ1) is 48.5. The van der Waals surface area contributed by atoms with Gasteiger partial charge in [0.15, 0.2) is 0 Å². The molecule has 0 radical (unpaired) electrons. The molecule has 0 saturated carbocycles. The van der Waals surface area contributed by atoms with E-state index >= 15 is 0 Å². The molecular formula is C49H55ClFN9O7S. The zero-order chi connectivity index (χ0) is 47.7. The molecule has 3 aromatic carbocycles. The molecule has 4 aliphatic heterocycles. The number of likely N-dealkylation sites (tertiary alicyclic amines) is 1. The molecule has 0 aliphatic carbocycles. The molecule has 19 heteroatoms. The van der Waals surface area contributed by atoms with Crippen molar-refractivity contribution in [2.24, 2.45) is 0 Å². The predicted molar refractivity (Wildman–Crippen MR) is 258 cm³/mol. The van der Waals surface area contributed by atoms with Gasteiger partial charge in [-0.1, -0.05) is 37.1 Å². The molecule has 8 rings (SSSR count). The van der Waals surface area contributed by atoms with Gasteiger partial charge in [0.05, 0.1) is 34.0 Å². The van der Waals surface area contributed by atoms with Crippen LogP contribution >= 0.6 is 23.4 Å². The maximum absolute atomic E-state index is 13.8. The lowest BCUT2D eigenvalue weighted by Gasteiger charge is -2.42. The van der Waals surface area contributed by atoms with Crippen molar-refractivity contribution < 1.29 is 37.9 Å². The molecule has 1 aromatic heterocycles. The van der Waals surface area contributed by atoms with Gasteiger partial charge in [0.2, 0.25) is 23.6 Å². The highest BCUT2D eigenvalue weighted by Crippen LogP contribution is 2.36. The molecule has 358 valence electrons. The summed E-state index contributed by atoms with van der Waals surface area (Å²) in [5.41, 5.74) is 2.19. The van der Waals surface area contributed by atoms with Crippen molar-refractivity contribution in [3.8, 4) is 5.75 Å². The molecule has 1 atom stereocenters. The average Bonchev–Trinajstić information content (AvgIpc) is 3.60. The number of hydrogen-bond donors (Lipinski definition) is 3. The van der Waals surface area contributed by atoms with Crippen LogP contribution in [0.3, 0.4) is 0 Å². The van der Waals surface area contributed by atoms with Gasteiger partial charge in [0.1, 0.15) is 29.8 Å². The number of fused-ring (bicyclic) bond motifs is 2. The fourth-order valence-electron chi connectivity index (χ4n) is 9.29. The first-order chi connectivity index (χ1) is 33.0. The van der Waals surface area contributed by atoms with E-state index in [0.29, 0.717) is 63.4 Å². The number of carbonyl (C=O) groups excluding carboxylic acids is 6. The molecule has 5 heterocycles. The van der Waals surface area contributed by atoms with Gasteiger partial charge < -0.3 is 25.2 Å². The normalized spacial score (nSPS) is 18.2. The first-order valence-corrected chi connectivity index (χ1v) is 24.6. The van der Waals surface area contributed by atoms with Crippen LogP contribution in [0.2, 0.25) is 5.02 Å². The van der Waals surface area contributed by atoms with Crippen LogP contribution in [-0.4, -0.2) is 135 Å². The van der Waals surface area contributed by atoms with Crippen LogP contribution in [0.1, 0.15) is 84.9 Å². The topological polar surface area (TPSA) is 186 Å². The third kappa shape index (κ3) is 11.5. The second kappa shape index (κ2) is 22.4. The highest BCUT2D eigenvalue weighted by Gasteiger charge is 2.45. The average molecular weight is 969 g/mol. The lowest BCUT2D eigenvalue weighted by Crippen LogP contribution is -2.54. The number of nitrogens with one attached hydrogen (secondary N) is 3. The molecular weight excluding hydrogens is 913 g/mol. The summed E-state index contributed by atoms with van der Waals surface area (Å²) in [6.45, 7) is 10.1. The number of halogens is 2. The molecule has 6 amide bonds. The number of imide groups is 2. The molecule has 4 aliphatic rings. The van der Waals surface area contributed by atoms with Gasteiger partial charge in [0.25, 0.3) is 11.8 Å². The number of ether oxygens (including phenoxy) is 1. The van der Waals surface area contributed by atoms with Gasteiger partial charge in [-0.05, 0) is 99.8 Å². The van der Waals surface area contributed by atoms with Gasteiger partial charge >= 0.3 is 0 Å². The SMILES string of the molecule is C=CC(=O)Nc1cc2c(Nc3ccc(F)c(Cl)c3)ncnc2cc1OCCCN1CCC(N2CCN(C(=O)CCCCCCSc3cccc4c3C(=O)N(C3CCC(=O)NC3=O)C4=O)CC2)CC1. The summed E-state index contributed by atoms with van der Waals surface area (Å²) in [6, 6.07) is 12.5. The molecule has 1 unspecified atom stereocenters. The smallest absolute Gasteiger partial charge is 0.263 e. The highest BCUT2D eigenvalue weighted by atomic mass is 35.5. The number of carbonyl (C=O) groups is 6. The summed E-state index contributed by atoms with van der Waals surface area (Å²) < 4.78 is 20.0. The van der Waals surface area contributed by atoms with Gasteiger partial charge in [-0.2, -0.15) is 0 Å². The van der Waals surface area contributed by atoms with E-state index in [0.717, 1.165) is 101 Å². The fourth-order valence-corrected chi connectivity index (χ4v) is 10.6. The number of hydrogen-bond acceptors (Lipinski definition) is 13. The number of thioether (sulfide) groups is 1. The van der Waals surface area contributed by atoms with Crippen molar-refractivity contribution >= 4 is 86.9 Å². The van der Waals surface area contributed by atoms with Gasteiger partial charge in [-0.3, -0.25) is 43.9 Å². The van der Waals surface area contributed by atoms with Crippen LogP contribution in [0.15, 0.2) is 72.4 Å². The summed E-state index contributed by atoms with van der Waals surface area (Å²) in [4.78, 5) is 93.6. The van der Waals surface area contributed by atoms with E-state index in [2.05, 4.69) is 42.3 Å². The minimum absolute atomic E-state index is 0.0245. The lowest BCUT2D eigenvalue weighted by atomic mass is 10.0. The number of benzene rings is 3. The van der Waals surface area contributed by atoms with E-state index in [1.54, 1.807) is 30.3 Å². The predicted octanol–water partition coefficient (Wildman–Crippen LogP) is 6.81. The summed E-state index contributed by atoms with van der Waals surface area (Å²) in [5.74, 6) is -1.05. The van der Waals surface area contributed by atoms with Crippen LogP contribution in [0, 0.1) is 5.82 Å². The Hall–Kier alpha value is -5.95. The summed E-state index contributed by atoms with van der Waals surface area (Å²) in [5, 5.41) is 8.81. The molecule has 3 saturated heterocycles. The standard InChI is InChI=1S/C49H55ClFN9O7S/c1-2-42(61)55-38-28-34-37(52-30-53-46(34)54-31-12-13-36(51)35(50)27-31)29-40(38)67-25-8-18-57-19-16-32(17-20-57)58-21-23-59(24-22-58)44(63)11-5-3-4-6-26-68-41-10-7-9-33-45(41)49(66)60(48(33)65)39-14-15-43(62)56-47(39)64/h2,7,9-10,12-13,27-30,32,39H,1,3-6,8,11,14-26H2,(H,55,61)(H,52,53,54)(H,56,62,64). The second-order valence-electron chi connectivity index (χ2n) is 17.4. The zero-order valence-corrected chi connectivity index (χ0v) is 39.3. The second-order valence-corrected chi connectivity index (χ2v) is 18.9. The number of amides is 6. The molecule has 0 bridgehead atoms. The lowest BCUT2D eigenvalue weighted by molar-refractivity contribution is -0.136. The van der Waals surface area contributed by atoms with Crippen LogP contribution in [0.25, 0.3) is 10.9 Å². The molecule has 3 N–H and O–H groups in total. The molecule has 16 nitrogen and oxygen atoms in total. The van der Waals surface area contributed by atoms with Gasteiger partial charge in [-0.25, -0.2) is 14.4 Å². The van der Waals surface area contributed by atoms with Crippen molar-refractivity contribution in [3.05, 3.63) is 89.5 Å². The largest absolute Gasteiger partial charge is 0.491 e. The number of nitrogens with zero attached hydrogens (tertiary/aromatic N) is 6. The van der Waals surface area contributed by atoms with Gasteiger partial charge in [-0.15, -0.1) is 11.8 Å². The maximum atomic E-state index is 13.8. The summed E-state index contributed by atoms with van der Waals surface area (Å²) in [7, 11) is 0. The van der Waals surface area contributed by atoms with Crippen molar-refractivity contribution in [1.29, 1.82) is 0 Å². The third-order valence-electron chi connectivity index (χ3n) is 13.0. The zero-order valence-electron chi connectivity index (χ0n) is 37.8. The third-order valence-corrected chi connectivity index (χ3v) is 14.4. The molecule has 4 aromatic rings. The molecule has 0 spiro atoms. The van der Waals surface area contributed by atoms with Crippen LogP contribution in [-0.2, 0) is 19.2 Å². The first-order valence-electron chi connectivity index (χ1n) is 23.3. The van der Waals surface area contributed by atoms with Crippen LogP contribution in [0.5, 0.6) is 5.75 Å². The number of rotatable bonds is 19. The van der Waals surface area contributed by atoms with E-state index in [1.165, 1.54) is 36.3 Å². The number of piperidine rings is 2. The van der Waals surface area contributed by atoms with Crippen molar-refractivity contribution in [1.82, 2.24) is 34.9 Å². The van der Waals surface area contributed by atoms with Gasteiger partial charge in [0, 0.05) is 73.6 Å². The Kier molecular flexibility index (Phi) is 16.0. The Bertz CT molecular complexity index is 2590. The van der Waals surface area contributed by atoms with E-state index in [4.69, 9.17) is 16.3 Å². The minimum Gasteiger partial charge on any atom is -0.491 e. The number of anilines is 3. The number of aromatic nitrogens is 2.